The van der Waals surface area contributed by atoms with Gasteiger partial charge in [0, 0.05) is 5.57 Å². The van der Waals surface area contributed by atoms with Crippen LogP contribution < -0.4 is 5.73 Å². The van der Waals surface area contributed by atoms with Gasteiger partial charge in [-0.1, -0.05) is 6.58 Å². The summed E-state index contributed by atoms with van der Waals surface area (Å²) in [7, 11) is 0. The van der Waals surface area contributed by atoms with Crippen molar-refractivity contribution in [2.75, 3.05) is 5.73 Å². The molecule has 0 spiro atoms. The van der Waals surface area contributed by atoms with Gasteiger partial charge in [-0.2, -0.15) is 0 Å². The number of carbonyl (C=O) groups is 1. The van der Waals surface area contributed by atoms with E-state index < -0.39 is 0 Å². The van der Waals surface area contributed by atoms with E-state index in [1.807, 2.05) is 0 Å². The molecule has 0 amide bonds. The Hall–Kier alpha value is -2.24. The van der Waals surface area contributed by atoms with Gasteiger partial charge in [0.05, 0.1) is 0 Å². The minimum absolute atomic E-state index is 0.229. The average molecular weight is 203 g/mol. The fraction of sp³-hybridized carbons (Fsp3) is 0.111. The van der Waals surface area contributed by atoms with Gasteiger partial charge < -0.3 is 5.73 Å². The van der Waals surface area contributed by atoms with E-state index in [-0.39, 0.29) is 11.7 Å². The van der Waals surface area contributed by atoms with Gasteiger partial charge in [-0.05, 0) is 6.92 Å². The monoisotopic (exact) mass is 203 g/mol. The average Bonchev–Trinajstić information content (AvgIpc) is 2.61. The van der Waals surface area contributed by atoms with Crippen molar-refractivity contribution < 1.29 is 4.79 Å². The summed E-state index contributed by atoms with van der Waals surface area (Å²) in [6, 6.07) is 0. The van der Waals surface area contributed by atoms with Crippen molar-refractivity contribution in [3.63, 3.8) is 0 Å². The molecule has 6 heteroatoms. The standard InChI is InChI=1S/C9H9N5O/c1-5(2)9(15)14-4-13-8-6(14)7(10)11-3-12-8/h3-4H,1H2,2H3,(H2,10,11,12). The molecule has 2 rings (SSSR count). The number of anilines is 1. The number of hydrogen-bond donors (Lipinski definition) is 1. The highest BCUT2D eigenvalue weighted by molar-refractivity contribution is 6.01. The molecule has 6 nitrogen and oxygen atoms in total. The summed E-state index contributed by atoms with van der Waals surface area (Å²) >= 11 is 0. The number of aromatic nitrogens is 4. The Morgan fingerprint density at radius 3 is 2.87 bits per heavy atom. The van der Waals surface area contributed by atoms with Crippen LogP contribution in [0.3, 0.4) is 0 Å². The van der Waals surface area contributed by atoms with Crippen molar-refractivity contribution in [1.29, 1.82) is 0 Å². The molecule has 0 atom stereocenters. The van der Waals surface area contributed by atoms with Crippen molar-refractivity contribution in [3.8, 4) is 0 Å². The number of rotatable bonds is 1. The first-order chi connectivity index (χ1) is 7.11. The fourth-order valence-electron chi connectivity index (χ4n) is 1.24. The summed E-state index contributed by atoms with van der Waals surface area (Å²) in [5, 5.41) is 0. The first-order valence-corrected chi connectivity index (χ1v) is 4.25. The van der Waals surface area contributed by atoms with E-state index in [0.29, 0.717) is 16.7 Å². The Kier molecular flexibility index (Phi) is 1.96. The predicted octanol–water partition coefficient (Wildman–Crippen LogP) is 0.625. The van der Waals surface area contributed by atoms with Crippen LogP contribution in [0.1, 0.15) is 11.7 Å². The third-order valence-corrected chi connectivity index (χ3v) is 1.95. The number of fused-ring (bicyclic) bond motifs is 1. The van der Waals surface area contributed by atoms with E-state index in [4.69, 9.17) is 5.73 Å². The zero-order chi connectivity index (χ0) is 11.0. The van der Waals surface area contributed by atoms with Gasteiger partial charge in [-0.3, -0.25) is 9.36 Å². The molecule has 0 aliphatic heterocycles. The van der Waals surface area contributed by atoms with Crippen LogP contribution >= 0.6 is 0 Å². The lowest BCUT2D eigenvalue weighted by Gasteiger charge is -2.02. The van der Waals surface area contributed by atoms with Gasteiger partial charge in [-0.25, -0.2) is 15.0 Å². The quantitative estimate of drug-likeness (QED) is 0.686. The topological polar surface area (TPSA) is 86.7 Å². The second-order valence-corrected chi connectivity index (χ2v) is 3.13. The predicted molar refractivity (Wildman–Crippen MR) is 55.2 cm³/mol. The van der Waals surface area contributed by atoms with Crippen LogP contribution in [0.5, 0.6) is 0 Å². The fourth-order valence-corrected chi connectivity index (χ4v) is 1.24. The molecule has 76 valence electrons. The molecule has 0 aliphatic rings. The normalized spacial score (nSPS) is 10.5. The summed E-state index contributed by atoms with van der Waals surface area (Å²) in [5.74, 6) is -0.0360. The Labute approximate surface area is 85.5 Å². The van der Waals surface area contributed by atoms with Crippen LogP contribution in [0.2, 0.25) is 0 Å². The van der Waals surface area contributed by atoms with Crippen LogP contribution in [0.25, 0.3) is 11.2 Å². The van der Waals surface area contributed by atoms with Crippen LogP contribution in [-0.2, 0) is 0 Å². The van der Waals surface area contributed by atoms with Crippen molar-refractivity contribution in [3.05, 3.63) is 24.8 Å². The molecule has 0 aromatic carbocycles. The van der Waals surface area contributed by atoms with Crippen molar-refractivity contribution in [2.45, 2.75) is 6.92 Å². The molecule has 2 N–H and O–H groups in total. The maximum atomic E-state index is 11.7. The van der Waals surface area contributed by atoms with Crippen molar-refractivity contribution in [1.82, 2.24) is 19.5 Å². The van der Waals surface area contributed by atoms with Gasteiger partial charge in [0.2, 0.25) is 0 Å². The number of nitrogens with zero attached hydrogens (tertiary/aromatic N) is 4. The van der Waals surface area contributed by atoms with E-state index in [2.05, 4.69) is 21.5 Å². The number of nitrogens with two attached hydrogens (primary N) is 1. The molecule has 2 aromatic rings. The number of imidazole rings is 1. The summed E-state index contributed by atoms with van der Waals surface area (Å²) in [6.45, 7) is 5.19. The minimum atomic E-state index is -0.265. The number of carbonyl (C=O) groups excluding carboxylic acids is 1. The van der Waals surface area contributed by atoms with Gasteiger partial charge in [0.25, 0.3) is 5.91 Å². The summed E-state index contributed by atoms with van der Waals surface area (Å²) < 4.78 is 1.30. The van der Waals surface area contributed by atoms with Gasteiger partial charge in [0.15, 0.2) is 11.5 Å². The smallest absolute Gasteiger partial charge is 0.258 e. The van der Waals surface area contributed by atoms with E-state index >= 15 is 0 Å². The van der Waals surface area contributed by atoms with Gasteiger partial charge in [0.1, 0.15) is 18.2 Å². The Balaban J connectivity index is 2.73. The third-order valence-electron chi connectivity index (χ3n) is 1.95. The highest BCUT2D eigenvalue weighted by atomic mass is 16.2. The second kappa shape index (κ2) is 3.16. The Morgan fingerprint density at radius 1 is 1.47 bits per heavy atom. The zero-order valence-corrected chi connectivity index (χ0v) is 8.14. The first-order valence-electron chi connectivity index (χ1n) is 4.25. The third kappa shape index (κ3) is 1.35. The lowest BCUT2D eigenvalue weighted by atomic mass is 10.3. The van der Waals surface area contributed by atoms with E-state index in [9.17, 15) is 4.79 Å². The van der Waals surface area contributed by atoms with Crippen LogP contribution in [-0.4, -0.2) is 25.4 Å². The highest BCUT2D eigenvalue weighted by Gasteiger charge is 2.13. The molecule has 15 heavy (non-hydrogen) atoms. The van der Waals surface area contributed by atoms with Gasteiger partial charge in [-0.15, -0.1) is 0 Å². The van der Waals surface area contributed by atoms with Crippen LogP contribution in [0.15, 0.2) is 24.8 Å². The molecule has 0 saturated heterocycles. The lowest BCUT2D eigenvalue weighted by Crippen LogP contribution is -2.11. The van der Waals surface area contributed by atoms with E-state index in [1.165, 1.54) is 17.2 Å². The molecular formula is C9H9N5O. The van der Waals surface area contributed by atoms with Crippen LogP contribution in [0.4, 0.5) is 5.82 Å². The zero-order valence-electron chi connectivity index (χ0n) is 8.14. The summed E-state index contributed by atoms with van der Waals surface area (Å²) in [6.07, 6.45) is 2.67. The molecule has 2 heterocycles. The second-order valence-electron chi connectivity index (χ2n) is 3.13. The lowest BCUT2D eigenvalue weighted by molar-refractivity contribution is 0.0960. The summed E-state index contributed by atoms with van der Waals surface area (Å²) in [5.41, 5.74) is 6.87. The largest absolute Gasteiger partial charge is 0.382 e. The highest BCUT2D eigenvalue weighted by Crippen LogP contribution is 2.15. The molecule has 2 aromatic heterocycles. The minimum Gasteiger partial charge on any atom is -0.382 e. The van der Waals surface area contributed by atoms with E-state index in [1.54, 1.807) is 6.92 Å². The molecule has 0 radical (unpaired) electrons. The molecule has 0 saturated carbocycles. The Morgan fingerprint density at radius 2 is 2.20 bits per heavy atom. The molecule has 0 unspecified atom stereocenters. The van der Waals surface area contributed by atoms with Gasteiger partial charge >= 0.3 is 0 Å². The van der Waals surface area contributed by atoms with Crippen LogP contribution in [0, 0.1) is 0 Å². The number of nitrogen functional groups attached to an aromatic ring is 1. The number of hydrogen-bond acceptors (Lipinski definition) is 5. The number of allylic oxidation sites excluding steroid dienone is 1. The van der Waals surface area contributed by atoms with Crippen molar-refractivity contribution in [2.24, 2.45) is 0 Å². The van der Waals surface area contributed by atoms with Crippen molar-refractivity contribution >= 4 is 22.9 Å². The summed E-state index contributed by atoms with van der Waals surface area (Å²) in [4.78, 5) is 23.3. The maximum Gasteiger partial charge on any atom is 0.258 e. The maximum absolute atomic E-state index is 11.7. The molecule has 0 fully saturated rings. The SMILES string of the molecule is C=C(C)C(=O)n1cnc2ncnc(N)c21. The Bertz CT molecular complexity index is 557. The van der Waals surface area contributed by atoms with E-state index in [0.717, 1.165) is 0 Å². The molecular weight excluding hydrogens is 194 g/mol. The first kappa shape index (κ1) is 9.32. The molecule has 0 bridgehead atoms. The molecule has 0 aliphatic carbocycles.